The van der Waals surface area contributed by atoms with Gasteiger partial charge in [-0.15, -0.1) is 0 Å². The number of aromatic nitrogens is 1. The Morgan fingerprint density at radius 2 is 1.86 bits per heavy atom. The van der Waals surface area contributed by atoms with Crippen molar-refractivity contribution in [2.45, 2.75) is 58.2 Å². The maximum Gasteiger partial charge on any atom is 0.138 e. The van der Waals surface area contributed by atoms with Gasteiger partial charge in [-0.05, 0) is 26.7 Å². The summed E-state index contributed by atoms with van der Waals surface area (Å²) in [6.07, 6.45) is 4.47. The van der Waals surface area contributed by atoms with Crippen molar-refractivity contribution in [3.63, 3.8) is 0 Å². The Labute approximate surface area is 126 Å². The summed E-state index contributed by atoms with van der Waals surface area (Å²) < 4.78 is 5.25. The van der Waals surface area contributed by atoms with Gasteiger partial charge in [0.05, 0.1) is 11.8 Å². The lowest BCUT2D eigenvalue weighted by molar-refractivity contribution is -0.00478. The molecule has 21 heavy (non-hydrogen) atoms. The molecule has 0 radical (unpaired) electrons. The summed E-state index contributed by atoms with van der Waals surface area (Å²) in [6.45, 7) is 9.18. The second kappa shape index (κ2) is 6.46. The quantitative estimate of drug-likeness (QED) is 0.919. The zero-order valence-corrected chi connectivity index (χ0v) is 13.2. The third kappa shape index (κ3) is 3.30. The van der Waals surface area contributed by atoms with Crippen molar-refractivity contribution in [2.24, 2.45) is 0 Å². The maximum atomic E-state index is 10.2. The van der Waals surface area contributed by atoms with Crippen LogP contribution < -0.4 is 0 Å². The van der Waals surface area contributed by atoms with Crippen molar-refractivity contribution < 1.29 is 9.63 Å². The molecular weight excluding hydrogens is 266 g/mol. The van der Waals surface area contributed by atoms with Gasteiger partial charge >= 0.3 is 0 Å². The highest BCUT2D eigenvalue weighted by Crippen LogP contribution is 2.24. The first-order valence-corrected chi connectivity index (χ1v) is 8.21. The fraction of sp³-hybridized carbons (Fsp3) is 0.812. The molecule has 1 N–H and O–H groups in total. The number of rotatable bonds is 3. The van der Waals surface area contributed by atoms with Crippen LogP contribution in [-0.2, 0) is 6.54 Å². The molecular formula is C16H27N3O2. The number of hydrogen-bond donors (Lipinski definition) is 1. The van der Waals surface area contributed by atoms with Gasteiger partial charge in [0.2, 0.25) is 0 Å². The van der Waals surface area contributed by atoms with Crippen LogP contribution in [0.5, 0.6) is 0 Å². The first-order chi connectivity index (χ1) is 10.1. The molecule has 0 aromatic carbocycles. The van der Waals surface area contributed by atoms with E-state index in [-0.39, 0.29) is 6.10 Å². The van der Waals surface area contributed by atoms with Gasteiger partial charge in [0.25, 0.3) is 0 Å². The Hall–Kier alpha value is -0.910. The molecule has 1 saturated carbocycles. The summed E-state index contributed by atoms with van der Waals surface area (Å²) >= 11 is 0. The van der Waals surface area contributed by atoms with Gasteiger partial charge in [-0.25, -0.2) is 0 Å². The minimum Gasteiger partial charge on any atom is -0.391 e. The number of nitrogens with zero attached hydrogens (tertiary/aromatic N) is 3. The van der Waals surface area contributed by atoms with Crippen LogP contribution in [0.2, 0.25) is 0 Å². The Kier molecular flexibility index (Phi) is 4.62. The number of aliphatic hydroxyl groups is 1. The molecule has 2 aliphatic rings. The zero-order valence-electron chi connectivity index (χ0n) is 13.2. The highest BCUT2D eigenvalue weighted by Gasteiger charge is 2.31. The summed E-state index contributed by atoms with van der Waals surface area (Å²) in [5, 5.41) is 14.2. The standard InChI is InChI=1S/C16H27N3O2/c1-12-14(13(2)21-17-12)11-18-7-9-19(10-8-18)15-5-3-4-6-16(15)20/h15-16,20H,3-11H2,1-2H3. The Morgan fingerprint density at radius 3 is 2.48 bits per heavy atom. The van der Waals surface area contributed by atoms with E-state index >= 15 is 0 Å². The fourth-order valence-corrected chi connectivity index (χ4v) is 3.72. The Morgan fingerprint density at radius 1 is 1.14 bits per heavy atom. The van der Waals surface area contributed by atoms with E-state index in [4.69, 9.17) is 4.52 Å². The van der Waals surface area contributed by atoms with E-state index in [1.807, 2.05) is 13.8 Å². The first-order valence-electron chi connectivity index (χ1n) is 8.21. The first kappa shape index (κ1) is 15.0. The number of aliphatic hydroxyl groups excluding tert-OH is 1. The second-order valence-electron chi connectivity index (χ2n) is 6.53. The average Bonchev–Trinajstić information content (AvgIpc) is 2.81. The van der Waals surface area contributed by atoms with Gasteiger partial charge in [-0.1, -0.05) is 18.0 Å². The summed E-state index contributed by atoms with van der Waals surface area (Å²) in [6, 6.07) is 0.389. The van der Waals surface area contributed by atoms with Gasteiger partial charge in [0, 0.05) is 44.3 Å². The van der Waals surface area contributed by atoms with Gasteiger partial charge < -0.3 is 9.63 Å². The molecule has 1 saturated heterocycles. The largest absolute Gasteiger partial charge is 0.391 e. The molecule has 2 unspecified atom stereocenters. The second-order valence-corrected chi connectivity index (χ2v) is 6.53. The number of piperazine rings is 1. The molecule has 1 aromatic rings. The molecule has 2 fully saturated rings. The molecule has 2 atom stereocenters. The Bertz CT molecular complexity index is 447. The third-order valence-electron chi connectivity index (χ3n) is 5.13. The van der Waals surface area contributed by atoms with Crippen LogP contribution in [0.1, 0.15) is 42.7 Å². The minimum atomic E-state index is -0.118. The predicted molar refractivity (Wildman–Crippen MR) is 81.1 cm³/mol. The molecule has 1 aromatic heterocycles. The third-order valence-corrected chi connectivity index (χ3v) is 5.13. The molecule has 3 rings (SSSR count). The molecule has 0 amide bonds. The van der Waals surface area contributed by atoms with Crippen molar-refractivity contribution in [2.75, 3.05) is 26.2 Å². The van der Waals surface area contributed by atoms with Crippen LogP contribution in [0.25, 0.3) is 0 Å². The average molecular weight is 293 g/mol. The number of hydrogen-bond acceptors (Lipinski definition) is 5. The van der Waals surface area contributed by atoms with Crippen molar-refractivity contribution in [3.8, 4) is 0 Å². The summed E-state index contributed by atoms with van der Waals surface area (Å²) in [7, 11) is 0. The predicted octanol–water partition coefficient (Wildman–Crippen LogP) is 1.71. The van der Waals surface area contributed by atoms with Crippen LogP contribution >= 0.6 is 0 Å². The van der Waals surface area contributed by atoms with Crippen LogP contribution in [-0.4, -0.2) is 58.4 Å². The minimum absolute atomic E-state index is 0.118. The molecule has 0 spiro atoms. The zero-order chi connectivity index (χ0) is 14.8. The van der Waals surface area contributed by atoms with E-state index in [2.05, 4.69) is 15.0 Å². The summed E-state index contributed by atoms with van der Waals surface area (Å²) in [5.74, 6) is 0.942. The van der Waals surface area contributed by atoms with Gasteiger partial charge in [0.15, 0.2) is 0 Å². The molecule has 5 heteroatoms. The van der Waals surface area contributed by atoms with E-state index in [9.17, 15) is 5.11 Å². The van der Waals surface area contributed by atoms with Crippen molar-refractivity contribution in [1.29, 1.82) is 0 Å². The summed E-state index contributed by atoms with van der Waals surface area (Å²) in [5.41, 5.74) is 2.25. The molecule has 118 valence electrons. The monoisotopic (exact) mass is 293 g/mol. The van der Waals surface area contributed by atoms with Crippen molar-refractivity contribution in [1.82, 2.24) is 15.0 Å². The van der Waals surface area contributed by atoms with E-state index < -0.39 is 0 Å². The van der Waals surface area contributed by atoms with E-state index in [0.29, 0.717) is 6.04 Å². The van der Waals surface area contributed by atoms with Crippen LogP contribution in [0.4, 0.5) is 0 Å². The van der Waals surface area contributed by atoms with Gasteiger partial charge in [-0.3, -0.25) is 9.80 Å². The lowest BCUT2D eigenvalue weighted by Gasteiger charge is -2.42. The molecule has 1 aliphatic heterocycles. The van der Waals surface area contributed by atoms with Crippen LogP contribution in [0, 0.1) is 13.8 Å². The summed E-state index contributed by atoms with van der Waals surface area (Å²) in [4.78, 5) is 4.96. The SMILES string of the molecule is Cc1noc(C)c1CN1CCN(C2CCCCC2O)CC1. The highest BCUT2D eigenvalue weighted by molar-refractivity contribution is 5.20. The van der Waals surface area contributed by atoms with Gasteiger partial charge in [0.1, 0.15) is 5.76 Å². The normalized spacial score (nSPS) is 28.9. The van der Waals surface area contributed by atoms with E-state index in [0.717, 1.165) is 57.0 Å². The maximum absolute atomic E-state index is 10.2. The van der Waals surface area contributed by atoms with Crippen molar-refractivity contribution in [3.05, 3.63) is 17.0 Å². The molecule has 1 aliphatic carbocycles. The van der Waals surface area contributed by atoms with Crippen LogP contribution in [0.3, 0.4) is 0 Å². The van der Waals surface area contributed by atoms with E-state index in [1.54, 1.807) is 0 Å². The Balaban J connectivity index is 1.53. The van der Waals surface area contributed by atoms with Crippen LogP contribution in [0.15, 0.2) is 4.52 Å². The highest BCUT2D eigenvalue weighted by atomic mass is 16.5. The smallest absolute Gasteiger partial charge is 0.138 e. The lowest BCUT2D eigenvalue weighted by Crippen LogP contribution is -2.54. The van der Waals surface area contributed by atoms with Gasteiger partial charge in [-0.2, -0.15) is 0 Å². The van der Waals surface area contributed by atoms with E-state index in [1.165, 1.54) is 18.4 Å². The molecule has 0 bridgehead atoms. The molecule has 2 heterocycles. The topological polar surface area (TPSA) is 52.7 Å². The van der Waals surface area contributed by atoms with Crippen molar-refractivity contribution >= 4 is 0 Å². The fourth-order valence-electron chi connectivity index (χ4n) is 3.72. The molecule has 5 nitrogen and oxygen atoms in total. The lowest BCUT2D eigenvalue weighted by atomic mass is 9.91. The number of aryl methyl sites for hydroxylation is 2.